The number of carbonyl (C=O) groups is 1. The van der Waals surface area contributed by atoms with Crippen LogP contribution in [0.15, 0.2) is 23.0 Å². The molecule has 0 spiro atoms. The minimum atomic E-state index is -4.52. The number of nitrogens with one attached hydrogen (secondary N) is 2. The Morgan fingerprint density at radius 1 is 1.45 bits per heavy atom. The maximum absolute atomic E-state index is 12.4. The molecule has 1 atom stereocenters. The smallest absolute Gasteiger partial charge is 0.392 e. The SMILES string of the molecule is CC(O)CNC(=O)c1ccc2c(c1)[nH]c(=O)n2CC(F)(F)F. The average molecular weight is 317 g/mol. The number of aliphatic hydroxyl groups excluding tert-OH is 1. The third-order valence-corrected chi connectivity index (χ3v) is 2.93. The van der Waals surface area contributed by atoms with Crippen molar-refractivity contribution >= 4 is 16.9 Å². The Morgan fingerprint density at radius 2 is 2.14 bits per heavy atom. The summed E-state index contributed by atoms with van der Waals surface area (Å²) in [5.74, 6) is -0.493. The van der Waals surface area contributed by atoms with Crippen LogP contribution in [0.5, 0.6) is 0 Å². The predicted molar refractivity (Wildman–Crippen MR) is 72.6 cm³/mol. The Bertz CT molecular complexity index is 746. The number of carbonyl (C=O) groups excluding carboxylic acids is 1. The Labute approximate surface area is 122 Å². The predicted octanol–water partition coefficient (Wildman–Crippen LogP) is 1.00. The molecule has 1 amide bonds. The summed E-state index contributed by atoms with van der Waals surface area (Å²) in [5, 5.41) is 11.6. The van der Waals surface area contributed by atoms with E-state index < -0.39 is 30.4 Å². The monoisotopic (exact) mass is 317 g/mol. The van der Waals surface area contributed by atoms with E-state index in [-0.39, 0.29) is 23.1 Å². The van der Waals surface area contributed by atoms with E-state index in [1.165, 1.54) is 25.1 Å². The fourth-order valence-corrected chi connectivity index (χ4v) is 1.98. The van der Waals surface area contributed by atoms with Crippen LogP contribution in [0.4, 0.5) is 13.2 Å². The molecule has 1 aromatic heterocycles. The third kappa shape index (κ3) is 3.67. The molecule has 0 saturated carbocycles. The molecule has 2 rings (SSSR count). The first-order valence-corrected chi connectivity index (χ1v) is 6.43. The van der Waals surface area contributed by atoms with Gasteiger partial charge in [-0.2, -0.15) is 13.2 Å². The van der Waals surface area contributed by atoms with Crippen molar-refractivity contribution in [2.24, 2.45) is 0 Å². The van der Waals surface area contributed by atoms with Crippen LogP contribution in [0.1, 0.15) is 17.3 Å². The number of nitrogens with zero attached hydrogens (tertiary/aromatic N) is 1. The number of rotatable bonds is 4. The Kier molecular flexibility index (Phi) is 4.27. The number of aliphatic hydroxyl groups is 1. The summed E-state index contributed by atoms with van der Waals surface area (Å²) in [5.41, 5.74) is -0.518. The van der Waals surface area contributed by atoms with Gasteiger partial charge in [0.15, 0.2) is 0 Å². The normalized spacial score (nSPS) is 13.3. The topological polar surface area (TPSA) is 87.1 Å². The van der Waals surface area contributed by atoms with Gasteiger partial charge in [0.05, 0.1) is 17.1 Å². The molecule has 120 valence electrons. The Hall–Kier alpha value is -2.29. The van der Waals surface area contributed by atoms with Crippen molar-refractivity contribution in [1.82, 2.24) is 14.9 Å². The summed E-state index contributed by atoms with van der Waals surface area (Å²) >= 11 is 0. The van der Waals surface area contributed by atoms with Gasteiger partial charge in [0.2, 0.25) is 0 Å². The molecule has 22 heavy (non-hydrogen) atoms. The van der Waals surface area contributed by atoms with E-state index in [1.54, 1.807) is 0 Å². The van der Waals surface area contributed by atoms with Gasteiger partial charge >= 0.3 is 11.9 Å². The number of fused-ring (bicyclic) bond motifs is 1. The van der Waals surface area contributed by atoms with Gasteiger partial charge in [-0.1, -0.05) is 0 Å². The van der Waals surface area contributed by atoms with Gasteiger partial charge in [-0.3, -0.25) is 9.36 Å². The van der Waals surface area contributed by atoms with Crippen molar-refractivity contribution in [3.05, 3.63) is 34.2 Å². The molecule has 0 aliphatic heterocycles. The molecule has 1 unspecified atom stereocenters. The van der Waals surface area contributed by atoms with E-state index in [0.29, 0.717) is 4.57 Å². The Balaban J connectivity index is 2.33. The van der Waals surface area contributed by atoms with Crippen molar-refractivity contribution in [3.63, 3.8) is 0 Å². The van der Waals surface area contributed by atoms with E-state index >= 15 is 0 Å². The van der Waals surface area contributed by atoms with Crippen LogP contribution in [0, 0.1) is 0 Å². The van der Waals surface area contributed by atoms with Gasteiger partial charge in [0.25, 0.3) is 5.91 Å². The number of hydrogen-bond acceptors (Lipinski definition) is 3. The van der Waals surface area contributed by atoms with E-state index in [4.69, 9.17) is 5.11 Å². The third-order valence-electron chi connectivity index (χ3n) is 2.93. The zero-order chi connectivity index (χ0) is 16.5. The molecule has 2 aromatic rings. The van der Waals surface area contributed by atoms with Gasteiger partial charge in [-0.15, -0.1) is 0 Å². The standard InChI is InChI=1S/C13H14F3N3O3/c1-7(20)5-17-11(21)8-2-3-10-9(4-8)18-12(22)19(10)6-13(14,15)16/h2-4,7,20H,5-6H2,1H3,(H,17,21)(H,18,22). The summed E-state index contributed by atoms with van der Waals surface area (Å²) in [6.07, 6.45) is -5.24. The summed E-state index contributed by atoms with van der Waals surface area (Å²) in [6, 6.07) is 3.89. The van der Waals surface area contributed by atoms with Gasteiger partial charge in [-0.25, -0.2) is 4.79 Å². The maximum atomic E-state index is 12.4. The number of H-pyrrole nitrogens is 1. The van der Waals surface area contributed by atoms with Gasteiger partial charge in [-0.05, 0) is 25.1 Å². The minimum absolute atomic E-state index is 0.0441. The summed E-state index contributed by atoms with van der Waals surface area (Å²) in [6.45, 7) is 0.139. The molecule has 3 N–H and O–H groups in total. The number of aromatic amines is 1. The highest BCUT2D eigenvalue weighted by molar-refractivity contribution is 5.97. The highest BCUT2D eigenvalue weighted by atomic mass is 19.4. The molecule has 0 aliphatic rings. The number of amides is 1. The first kappa shape index (κ1) is 16.1. The number of alkyl halides is 3. The second kappa shape index (κ2) is 5.84. The van der Waals surface area contributed by atoms with Crippen molar-refractivity contribution in [3.8, 4) is 0 Å². The van der Waals surface area contributed by atoms with Crippen LogP contribution < -0.4 is 11.0 Å². The fourth-order valence-electron chi connectivity index (χ4n) is 1.98. The highest BCUT2D eigenvalue weighted by Gasteiger charge is 2.29. The van der Waals surface area contributed by atoms with E-state index in [2.05, 4.69) is 10.3 Å². The van der Waals surface area contributed by atoms with Crippen LogP contribution >= 0.6 is 0 Å². The fraction of sp³-hybridized carbons (Fsp3) is 0.385. The molecule has 1 heterocycles. The summed E-state index contributed by atoms with van der Waals surface area (Å²) in [4.78, 5) is 25.7. The maximum Gasteiger partial charge on any atom is 0.406 e. The lowest BCUT2D eigenvalue weighted by molar-refractivity contribution is -0.140. The van der Waals surface area contributed by atoms with Crippen LogP contribution in [0.25, 0.3) is 11.0 Å². The largest absolute Gasteiger partial charge is 0.406 e. The summed E-state index contributed by atoms with van der Waals surface area (Å²) in [7, 11) is 0. The van der Waals surface area contributed by atoms with Crippen molar-refractivity contribution in [2.75, 3.05) is 6.54 Å². The second-order valence-corrected chi connectivity index (χ2v) is 4.92. The first-order valence-electron chi connectivity index (χ1n) is 6.43. The lowest BCUT2D eigenvalue weighted by Gasteiger charge is -2.08. The van der Waals surface area contributed by atoms with Gasteiger partial charge in [0, 0.05) is 12.1 Å². The van der Waals surface area contributed by atoms with Crippen molar-refractivity contribution < 1.29 is 23.1 Å². The molecule has 0 radical (unpaired) electrons. The van der Waals surface area contributed by atoms with Crippen LogP contribution in [0.2, 0.25) is 0 Å². The molecular weight excluding hydrogens is 303 g/mol. The number of benzene rings is 1. The molecule has 6 nitrogen and oxygen atoms in total. The highest BCUT2D eigenvalue weighted by Crippen LogP contribution is 2.20. The lowest BCUT2D eigenvalue weighted by Crippen LogP contribution is -2.30. The lowest BCUT2D eigenvalue weighted by atomic mass is 10.2. The number of halogens is 3. The van der Waals surface area contributed by atoms with Gasteiger partial charge < -0.3 is 15.4 Å². The molecular formula is C13H14F3N3O3. The molecule has 1 aromatic carbocycles. The number of aromatic nitrogens is 2. The van der Waals surface area contributed by atoms with E-state index in [0.717, 1.165) is 0 Å². The van der Waals surface area contributed by atoms with Crippen molar-refractivity contribution in [1.29, 1.82) is 0 Å². The van der Waals surface area contributed by atoms with Gasteiger partial charge in [0.1, 0.15) is 6.54 Å². The zero-order valence-corrected chi connectivity index (χ0v) is 11.6. The zero-order valence-electron chi connectivity index (χ0n) is 11.6. The van der Waals surface area contributed by atoms with Crippen LogP contribution in [0.3, 0.4) is 0 Å². The molecule has 0 fully saturated rings. The number of imidazole rings is 1. The molecule has 0 saturated heterocycles. The van der Waals surface area contributed by atoms with Crippen molar-refractivity contribution in [2.45, 2.75) is 25.7 Å². The van der Waals surface area contributed by atoms with Crippen LogP contribution in [-0.4, -0.2) is 39.4 Å². The quantitative estimate of drug-likeness (QED) is 0.786. The molecule has 9 heteroatoms. The van der Waals surface area contributed by atoms with E-state index in [1.807, 2.05) is 0 Å². The second-order valence-electron chi connectivity index (χ2n) is 4.92. The first-order chi connectivity index (χ1) is 10.2. The van der Waals surface area contributed by atoms with Crippen LogP contribution in [-0.2, 0) is 6.54 Å². The average Bonchev–Trinajstić information content (AvgIpc) is 2.70. The molecule has 0 aliphatic carbocycles. The summed E-state index contributed by atoms with van der Waals surface area (Å²) < 4.78 is 37.9. The molecule has 0 bridgehead atoms. The van der Waals surface area contributed by atoms with E-state index in [9.17, 15) is 22.8 Å². The Morgan fingerprint density at radius 3 is 2.73 bits per heavy atom. The number of hydrogen-bond donors (Lipinski definition) is 3. The minimum Gasteiger partial charge on any atom is -0.392 e.